The van der Waals surface area contributed by atoms with Gasteiger partial charge in [0.15, 0.2) is 0 Å². The molecule has 2 N–H and O–H groups in total. The van der Waals surface area contributed by atoms with Crippen molar-refractivity contribution >= 4 is 11.8 Å². The highest BCUT2D eigenvalue weighted by atomic mass is 16.3. The fourth-order valence-corrected chi connectivity index (χ4v) is 3.87. The Balaban J connectivity index is 1.89. The summed E-state index contributed by atoms with van der Waals surface area (Å²) in [6, 6.07) is 0. The van der Waals surface area contributed by atoms with Gasteiger partial charge in [0.05, 0.1) is 12.0 Å². The minimum atomic E-state index is -0.405. The molecule has 3 unspecified atom stereocenters. The third kappa shape index (κ3) is 4.50. The first-order valence-electron chi connectivity index (χ1n) is 9.39. The minimum Gasteiger partial charge on any atom is -0.392 e. The number of rotatable bonds is 3. The lowest BCUT2D eigenvalue weighted by Crippen LogP contribution is -2.51. The van der Waals surface area contributed by atoms with Crippen LogP contribution < -0.4 is 5.32 Å². The van der Waals surface area contributed by atoms with Crippen LogP contribution in [0.3, 0.4) is 0 Å². The summed E-state index contributed by atoms with van der Waals surface area (Å²) in [5, 5.41) is 13.3. The molecule has 2 fully saturated rings. The van der Waals surface area contributed by atoms with Crippen molar-refractivity contribution < 1.29 is 14.7 Å². The van der Waals surface area contributed by atoms with Crippen LogP contribution in [0.5, 0.6) is 0 Å². The van der Waals surface area contributed by atoms with Gasteiger partial charge in [-0.15, -0.1) is 0 Å². The fraction of sp³-hybridized carbons (Fsp3) is 0.895. The van der Waals surface area contributed by atoms with E-state index in [4.69, 9.17) is 0 Å². The monoisotopic (exact) mass is 338 g/mol. The third-order valence-electron chi connectivity index (χ3n) is 5.67. The molecule has 2 amide bonds. The summed E-state index contributed by atoms with van der Waals surface area (Å²) in [6.07, 6.45) is 5.32. The predicted molar refractivity (Wildman–Crippen MR) is 94.4 cm³/mol. The van der Waals surface area contributed by atoms with E-state index in [1.165, 1.54) is 0 Å². The lowest BCUT2D eigenvalue weighted by molar-refractivity contribution is -0.143. The molecule has 138 valence electrons. The molecule has 2 rings (SSSR count). The maximum atomic E-state index is 12.6. The second kappa shape index (κ2) is 7.42. The Bertz CT molecular complexity index is 472. The fourth-order valence-electron chi connectivity index (χ4n) is 3.87. The maximum Gasteiger partial charge on any atom is 0.227 e. The number of piperidine rings is 1. The first kappa shape index (κ1) is 19.2. The molecule has 5 nitrogen and oxygen atoms in total. The number of carbonyl (C=O) groups excluding carboxylic acids is 2. The van der Waals surface area contributed by atoms with Gasteiger partial charge in [0.1, 0.15) is 0 Å². The van der Waals surface area contributed by atoms with Crippen LogP contribution in [0.1, 0.15) is 66.2 Å². The van der Waals surface area contributed by atoms with Crippen LogP contribution in [-0.2, 0) is 9.59 Å². The van der Waals surface area contributed by atoms with Crippen molar-refractivity contribution in [2.24, 2.45) is 16.7 Å². The highest BCUT2D eigenvalue weighted by Crippen LogP contribution is 2.35. The lowest BCUT2D eigenvalue weighted by atomic mass is 9.73. The number of aliphatic hydroxyl groups excluding tert-OH is 1. The van der Waals surface area contributed by atoms with Gasteiger partial charge in [0.25, 0.3) is 0 Å². The Labute approximate surface area is 146 Å². The van der Waals surface area contributed by atoms with E-state index in [1.54, 1.807) is 0 Å². The summed E-state index contributed by atoms with van der Waals surface area (Å²) in [5.41, 5.74) is -0.623. The van der Waals surface area contributed by atoms with Crippen LogP contribution in [0, 0.1) is 16.7 Å². The van der Waals surface area contributed by atoms with E-state index in [-0.39, 0.29) is 29.3 Å². The normalized spacial score (nSPS) is 31.6. The van der Waals surface area contributed by atoms with Gasteiger partial charge in [-0.1, -0.05) is 40.5 Å². The molecule has 1 aliphatic heterocycles. The van der Waals surface area contributed by atoms with Crippen LogP contribution in [-0.4, -0.2) is 47.6 Å². The van der Waals surface area contributed by atoms with Gasteiger partial charge in [-0.25, -0.2) is 0 Å². The van der Waals surface area contributed by atoms with Crippen LogP contribution in [0.15, 0.2) is 0 Å². The van der Waals surface area contributed by atoms with Crippen molar-refractivity contribution in [2.75, 3.05) is 19.6 Å². The van der Waals surface area contributed by atoms with Crippen molar-refractivity contribution in [1.29, 1.82) is 0 Å². The van der Waals surface area contributed by atoms with Gasteiger partial charge >= 0.3 is 0 Å². The number of amides is 2. The molecular formula is C19H34N2O3. The number of carbonyl (C=O) groups is 2. The first-order valence-corrected chi connectivity index (χ1v) is 9.39. The number of aliphatic hydroxyl groups is 1. The zero-order valence-electron chi connectivity index (χ0n) is 15.7. The van der Waals surface area contributed by atoms with Crippen molar-refractivity contribution in [3.8, 4) is 0 Å². The topological polar surface area (TPSA) is 69.6 Å². The van der Waals surface area contributed by atoms with E-state index in [9.17, 15) is 14.7 Å². The highest BCUT2D eigenvalue weighted by molar-refractivity contribution is 5.83. The third-order valence-corrected chi connectivity index (χ3v) is 5.67. The van der Waals surface area contributed by atoms with Crippen molar-refractivity contribution in [1.82, 2.24) is 10.2 Å². The average molecular weight is 338 g/mol. The van der Waals surface area contributed by atoms with Gasteiger partial charge in [-0.3, -0.25) is 9.59 Å². The number of nitrogens with one attached hydrogen (secondary N) is 1. The van der Waals surface area contributed by atoms with Crippen molar-refractivity contribution in [2.45, 2.75) is 72.3 Å². The van der Waals surface area contributed by atoms with Gasteiger partial charge in [0, 0.05) is 30.5 Å². The second-order valence-corrected chi connectivity index (χ2v) is 8.97. The smallest absolute Gasteiger partial charge is 0.227 e. The van der Waals surface area contributed by atoms with Gasteiger partial charge < -0.3 is 15.3 Å². The molecule has 0 aromatic rings. The Morgan fingerprint density at radius 1 is 1.21 bits per heavy atom. The van der Waals surface area contributed by atoms with E-state index in [0.29, 0.717) is 13.1 Å². The Hall–Kier alpha value is -1.10. The van der Waals surface area contributed by atoms with Crippen LogP contribution in [0.2, 0.25) is 0 Å². The standard InChI is InChI=1S/C19H34N2O3/c1-18(2,3)17(24)21-11-7-8-14(12-21)16(23)20-13-19(4)10-6-5-9-15(19)22/h14-15,22H,5-13H2,1-4H3,(H,20,23). The van der Waals surface area contributed by atoms with Crippen LogP contribution in [0.4, 0.5) is 0 Å². The molecule has 2 aliphatic rings. The molecule has 1 heterocycles. The summed E-state index contributed by atoms with van der Waals surface area (Å²) < 4.78 is 0. The number of hydrogen-bond donors (Lipinski definition) is 2. The van der Waals surface area contributed by atoms with E-state index < -0.39 is 5.41 Å². The summed E-state index contributed by atoms with van der Waals surface area (Å²) in [6.45, 7) is 9.61. The van der Waals surface area contributed by atoms with E-state index >= 15 is 0 Å². The minimum absolute atomic E-state index is 0.0282. The predicted octanol–water partition coefficient (Wildman–Crippen LogP) is 2.33. The van der Waals surface area contributed by atoms with Gasteiger partial charge in [-0.2, -0.15) is 0 Å². The lowest BCUT2D eigenvalue weighted by Gasteiger charge is -2.39. The van der Waals surface area contributed by atoms with Crippen molar-refractivity contribution in [3.05, 3.63) is 0 Å². The maximum absolute atomic E-state index is 12.6. The van der Waals surface area contributed by atoms with Crippen molar-refractivity contribution in [3.63, 3.8) is 0 Å². The Morgan fingerprint density at radius 3 is 2.54 bits per heavy atom. The Kier molecular flexibility index (Phi) is 5.95. The zero-order chi connectivity index (χ0) is 18.0. The average Bonchev–Trinajstić information content (AvgIpc) is 2.54. The number of nitrogens with zero attached hydrogens (tertiary/aromatic N) is 1. The number of likely N-dealkylation sites (tertiary alicyclic amines) is 1. The highest BCUT2D eigenvalue weighted by Gasteiger charge is 2.37. The summed E-state index contributed by atoms with van der Waals surface area (Å²) in [4.78, 5) is 26.9. The molecule has 3 atom stereocenters. The Morgan fingerprint density at radius 2 is 1.92 bits per heavy atom. The summed E-state index contributed by atoms with van der Waals surface area (Å²) in [5.74, 6) is 0.0180. The molecule has 0 spiro atoms. The molecule has 1 aliphatic carbocycles. The quantitative estimate of drug-likeness (QED) is 0.830. The molecule has 0 bridgehead atoms. The largest absolute Gasteiger partial charge is 0.392 e. The van der Waals surface area contributed by atoms with E-state index in [2.05, 4.69) is 12.2 Å². The first-order chi connectivity index (χ1) is 11.1. The zero-order valence-corrected chi connectivity index (χ0v) is 15.7. The molecule has 0 aromatic carbocycles. The molecule has 24 heavy (non-hydrogen) atoms. The van der Waals surface area contributed by atoms with Crippen LogP contribution in [0.25, 0.3) is 0 Å². The number of hydrogen-bond acceptors (Lipinski definition) is 3. The van der Waals surface area contributed by atoms with E-state index in [1.807, 2.05) is 25.7 Å². The molecule has 1 saturated heterocycles. The van der Waals surface area contributed by atoms with Crippen LogP contribution >= 0.6 is 0 Å². The molecule has 0 aromatic heterocycles. The molecule has 1 saturated carbocycles. The van der Waals surface area contributed by atoms with E-state index in [0.717, 1.165) is 45.1 Å². The SMILES string of the molecule is CC(C)(C)C(=O)N1CCCC(C(=O)NCC2(C)CCCCC2O)C1. The van der Waals surface area contributed by atoms with Gasteiger partial charge in [-0.05, 0) is 25.7 Å². The summed E-state index contributed by atoms with van der Waals surface area (Å²) in [7, 11) is 0. The van der Waals surface area contributed by atoms with Gasteiger partial charge in [0.2, 0.25) is 11.8 Å². The summed E-state index contributed by atoms with van der Waals surface area (Å²) >= 11 is 0. The second-order valence-electron chi connectivity index (χ2n) is 8.97. The molecule has 0 radical (unpaired) electrons. The molecule has 5 heteroatoms. The molecular weight excluding hydrogens is 304 g/mol.